The zero-order chi connectivity index (χ0) is 13.7. The van der Waals surface area contributed by atoms with Gasteiger partial charge in [0.05, 0.1) is 11.5 Å². The predicted molar refractivity (Wildman–Crippen MR) is 81.2 cm³/mol. The number of aromatic nitrogens is 2. The first-order chi connectivity index (χ1) is 9.24. The molecule has 2 N–H and O–H groups in total. The second kappa shape index (κ2) is 6.68. The zero-order valence-corrected chi connectivity index (χ0v) is 12.4. The van der Waals surface area contributed by atoms with Crippen molar-refractivity contribution in [3.63, 3.8) is 0 Å². The van der Waals surface area contributed by atoms with E-state index in [9.17, 15) is 0 Å². The molecule has 0 spiro atoms. The van der Waals surface area contributed by atoms with Crippen molar-refractivity contribution in [3.8, 4) is 0 Å². The fourth-order valence-electron chi connectivity index (χ4n) is 1.63. The van der Waals surface area contributed by atoms with Crippen molar-refractivity contribution in [2.75, 3.05) is 30.8 Å². The average molecular weight is 280 g/mol. The lowest BCUT2D eigenvalue weighted by Gasteiger charge is -2.13. The third-order valence-corrected chi connectivity index (χ3v) is 3.62. The third kappa shape index (κ3) is 3.54. The van der Waals surface area contributed by atoms with Crippen LogP contribution in [0.15, 0.2) is 11.4 Å². The van der Waals surface area contributed by atoms with Crippen molar-refractivity contribution in [1.29, 1.82) is 0 Å². The van der Waals surface area contributed by atoms with Gasteiger partial charge in [0.1, 0.15) is 10.6 Å². The summed E-state index contributed by atoms with van der Waals surface area (Å²) in [5.41, 5.74) is 0. The molecular formula is C13H20N4OS. The molecule has 0 aliphatic carbocycles. The number of thiophene rings is 1. The predicted octanol–water partition coefficient (Wildman–Crippen LogP) is 2.96. The highest BCUT2D eigenvalue weighted by molar-refractivity contribution is 7.16. The smallest absolute Gasteiger partial charge is 0.226 e. The minimum absolute atomic E-state index is 0.149. The minimum Gasteiger partial charge on any atom is -0.380 e. The molecule has 5 nitrogen and oxygen atoms in total. The fourth-order valence-corrected chi connectivity index (χ4v) is 2.39. The summed E-state index contributed by atoms with van der Waals surface area (Å²) >= 11 is 1.63. The fraction of sp³-hybridized carbons (Fsp3) is 0.538. The van der Waals surface area contributed by atoms with Gasteiger partial charge in [-0.15, -0.1) is 11.3 Å². The van der Waals surface area contributed by atoms with Crippen LogP contribution in [0.1, 0.15) is 20.3 Å². The standard InChI is InChI=1S/C13H20N4OS/c1-4-6-14-13-16-11(15-8-9(2)18-3)10-5-7-19-12(10)17-13/h5,7,9H,4,6,8H2,1-3H3,(H2,14,15,16,17). The van der Waals surface area contributed by atoms with Crippen molar-refractivity contribution in [2.24, 2.45) is 0 Å². The van der Waals surface area contributed by atoms with Crippen LogP contribution in [-0.4, -0.2) is 36.3 Å². The van der Waals surface area contributed by atoms with Gasteiger partial charge < -0.3 is 15.4 Å². The number of hydrogen-bond donors (Lipinski definition) is 2. The van der Waals surface area contributed by atoms with Gasteiger partial charge in [-0.2, -0.15) is 4.98 Å². The van der Waals surface area contributed by atoms with Crippen LogP contribution in [0.2, 0.25) is 0 Å². The second-order valence-corrected chi connectivity index (χ2v) is 5.28. The molecule has 0 bridgehead atoms. The van der Waals surface area contributed by atoms with Crippen LogP contribution >= 0.6 is 11.3 Å². The van der Waals surface area contributed by atoms with Gasteiger partial charge in [-0.05, 0) is 24.8 Å². The van der Waals surface area contributed by atoms with Crippen molar-refractivity contribution in [3.05, 3.63) is 11.4 Å². The number of fused-ring (bicyclic) bond motifs is 1. The number of nitrogens with zero attached hydrogens (tertiary/aromatic N) is 2. The molecule has 0 saturated carbocycles. The molecule has 0 fully saturated rings. The molecule has 0 aliphatic heterocycles. The highest BCUT2D eigenvalue weighted by atomic mass is 32.1. The Hall–Kier alpha value is -1.40. The van der Waals surface area contributed by atoms with Crippen LogP contribution in [0, 0.1) is 0 Å². The molecule has 0 saturated heterocycles. The molecule has 0 aliphatic rings. The number of ether oxygens (including phenoxy) is 1. The van der Waals surface area contributed by atoms with Crippen LogP contribution in [0.5, 0.6) is 0 Å². The van der Waals surface area contributed by atoms with Crippen LogP contribution < -0.4 is 10.6 Å². The van der Waals surface area contributed by atoms with E-state index in [1.54, 1.807) is 18.4 Å². The molecule has 2 aromatic rings. The Morgan fingerprint density at radius 1 is 1.37 bits per heavy atom. The molecule has 0 amide bonds. The molecule has 19 heavy (non-hydrogen) atoms. The average Bonchev–Trinajstić information content (AvgIpc) is 2.90. The monoisotopic (exact) mass is 280 g/mol. The largest absolute Gasteiger partial charge is 0.380 e. The quantitative estimate of drug-likeness (QED) is 0.816. The Kier molecular flexibility index (Phi) is 4.93. The zero-order valence-electron chi connectivity index (χ0n) is 11.6. The highest BCUT2D eigenvalue weighted by Crippen LogP contribution is 2.26. The Morgan fingerprint density at radius 2 is 2.21 bits per heavy atom. The summed E-state index contributed by atoms with van der Waals surface area (Å²) in [7, 11) is 1.71. The van der Waals surface area contributed by atoms with Gasteiger partial charge >= 0.3 is 0 Å². The normalized spacial score (nSPS) is 12.6. The maximum absolute atomic E-state index is 5.24. The summed E-state index contributed by atoms with van der Waals surface area (Å²) in [6, 6.07) is 2.05. The molecule has 2 aromatic heterocycles. The molecule has 1 unspecified atom stereocenters. The van der Waals surface area contributed by atoms with E-state index in [2.05, 4.69) is 27.5 Å². The van der Waals surface area contributed by atoms with Gasteiger partial charge in [0.25, 0.3) is 0 Å². The summed E-state index contributed by atoms with van der Waals surface area (Å²) in [6.07, 6.45) is 1.20. The highest BCUT2D eigenvalue weighted by Gasteiger charge is 2.09. The first-order valence-electron chi connectivity index (χ1n) is 6.50. The van der Waals surface area contributed by atoms with Gasteiger partial charge in [0.15, 0.2) is 0 Å². The third-order valence-electron chi connectivity index (χ3n) is 2.82. The molecule has 2 rings (SSSR count). The minimum atomic E-state index is 0.149. The molecule has 104 valence electrons. The van der Waals surface area contributed by atoms with E-state index < -0.39 is 0 Å². The van der Waals surface area contributed by atoms with E-state index in [4.69, 9.17) is 4.74 Å². The van der Waals surface area contributed by atoms with Crippen molar-refractivity contribution in [1.82, 2.24) is 9.97 Å². The summed E-state index contributed by atoms with van der Waals surface area (Å²) in [6.45, 7) is 5.75. The van der Waals surface area contributed by atoms with Crippen molar-refractivity contribution >= 4 is 33.3 Å². The van der Waals surface area contributed by atoms with Gasteiger partial charge in [-0.3, -0.25) is 0 Å². The number of methoxy groups -OCH3 is 1. The van der Waals surface area contributed by atoms with Crippen LogP contribution in [0.3, 0.4) is 0 Å². The number of rotatable bonds is 7. The lowest BCUT2D eigenvalue weighted by atomic mass is 10.3. The van der Waals surface area contributed by atoms with E-state index in [1.807, 2.05) is 18.4 Å². The topological polar surface area (TPSA) is 59.1 Å². The van der Waals surface area contributed by atoms with Crippen molar-refractivity contribution in [2.45, 2.75) is 26.4 Å². The van der Waals surface area contributed by atoms with E-state index in [0.29, 0.717) is 5.95 Å². The summed E-state index contributed by atoms with van der Waals surface area (Å²) in [5, 5.41) is 9.66. The lowest BCUT2D eigenvalue weighted by molar-refractivity contribution is 0.128. The number of anilines is 2. The van der Waals surface area contributed by atoms with E-state index in [0.717, 1.165) is 35.5 Å². The first kappa shape index (κ1) is 14.0. The molecule has 6 heteroatoms. The summed E-state index contributed by atoms with van der Waals surface area (Å²) in [5.74, 6) is 1.55. The molecule has 1 atom stereocenters. The Labute approximate surface area is 117 Å². The molecule has 0 aromatic carbocycles. The number of hydrogen-bond acceptors (Lipinski definition) is 6. The van der Waals surface area contributed by atoms with Gasteiger partial charge in [0, 0.05) is 20.2 Å². The van der Waals surface area contributed by atoms with E-state index in [1.165, 1.54) is 0 Å². The second-order valence-electron chi connectivity index (χ2n) is 4.39. The Bertz CT molecular complexity index is 528. The summed E-state index contributed by atoms with van der Waals surface area (Å²) in [4.78, 5) is 10.0. The van der Waals surface area contributed by atoms with E-state index in [-0.39, 0.29) is 6.10 Å². The Balaban J connectivity index is 2.21. The first-order valence-corrected chi connectivity index (χ1v) is 7.38. The molecule has 0 radical (unpaired) electrons. The van der Waals surface area contributed by atoms with Gasteiger partial charge in [0.2, 0.25) is 5.95 Å². The van der Waals surface area contributed by atoms with Crippen molar-refractivity contribution < 1.29 is 4.74 Å². The summed E-state index contributed by atoms with van der Waals surface area (Å²) < 4.78 is 5.24. The SMILES string of the molecule is CCCNc1nc(NCC(C)OC)c2ccsc2n1. The maximum Gasteiger partial charge on any atom is 0.226 e. The van der Waals surface area contributed by atoms with Crippen LogP contribution in [0.4, 0.5) is 11.8 Å². The number of nitrogens with one attached hydrogen (secondary N) is 2. The van der Waals surface area contributed by atoms with Gasteiger partial charge in [-0.25, -0.2) is 4.98 Å². The van der Waals surface area contributed by atoms with Gasteiger partial charge in [-0.1, -0.05) is 6.92 Å². The van der Waals surface area contributed by atoms with Crippen LogP contribution in [-0.2, 0) is 4.74 Å². The maximum atomic E-state index is 5.24. The Morgan fingerprint density at radius 3 is 2.95 bits per heavy atom. The lowest BCUT2D eigenvalue weighted by Crippen LogP contribution is -2.19. The van der Waals surface area contributed by atoms with E-state index >= 15 is 0 Å². The molecular weight excluding hydrogens is 260 g/mol. The van der Waals surface area contributed by atoms with Crippen LogP contribution in [0.25, 0.3) is 10.2 Å². The molecule has 2 heterocycles.